The molecule has 2 aromatic rings. The number of hydrogen-bond donors (Lipinski definition) is 0. The molecule has 0 aromatic carbocycles. The fraction of sp³-hybridized carbons (Fsp3) is 0.471. The quantitative estimate of drug-likeness (QED) is 0.866. The van der Waals surface area contributed by atoms with Gasteiger partial charge < -0.3 is 4.90 Å². The number of fused-ring (bicyclic) bond motifs is 1. The molecule has 4 heterocycles. The maximum atomic E-state index is 12.5. The second-order valence-corrected chi connectivity index (χ2v) is 7.17. The first-order valence-electron chi connectivity index (χ1n) is 8.09. The van der Waals surface area contributed by atoms with Gasteiger partial charge in [-0.2, -0.15) is 0 Å². The summed E-state index contributed by atoms with van der Waals surface area (Å²) in [6.45, 7) is 4.81. The minimum Gasteiger partial charge on any atom is -0.337 e. The monoisotopic (exact) mass is 328 g/mol. The van der Waals surface area contributed by atoms with Gasteiger partial charge in [0.15, 0.2) is 0 Å². The molecule has 2 aromatic heterocycles. The zero-order valence-electron chi connectivity index (χ0n) is 13.0. The lowest BCUT2D eigenvalue weighted by Crippen LogP contribution is -2.43. The van der Waals surface area contributed by atoms with E-state index in [9.17, 15) is 4.79 Å². The van der Waals surface area contributed by atoms with Crippen LogP contribution in [0.1, 0.15) is 22.6 Å². The second kappa shape index (κ2) is 6.37. The zero-order chi connectivity index (χ0) is 15.6. The van der Waals surface area contributed by atoms with Crippen LogP contribution in [0.4, 0.5) is 0 Å². The predicted molar refractivity (Wildman–Crippen MR) is 89.1 cm³/mol. The number of nitrogens with zero attached hydrogens (tertiary/aromatic N) is 4. The molecule has 2 aliphatic heterocycles. The molecular weight excluding hydrogens is 308 g/mol. The number of aromatic nitrogens is 2. The van der Waals surface area contributed by atoms with Crippen molar-refractivity contribution in [3.63, 3.8) is 0 Å². The van der Waals surface area contributed by atoms with Gasteiger partial charge in [-0.05, 0) is 30.4 Å². The summed E-state index contributed by atoms with van der Waals surface area (Å²) in [5, 5.41) is 1.84. The number of carbonyl (C=O) groups excluding carboxylic acids is 1. The molecular formula is C17H20N4OS. The Labute approximate surface area is 140 Å². The summed E-state index contributed by atoms with van der Waals surface area (Å²) in [6.07, 6.45) is 2.95. The third kappa shape index (κ3) is 3.14. The fourth-order valence-electron chi connectivity index (χ4n) is 3.78. The van der Waals surface area contributed by atoms with Crippen molar-refractivity contribution in [1.82, 2.24) is 19.8 Å². The number of likely N-dealkylation sites (tertiary alicyclic amines) is 2. The first-order chi connectivity index (χ1) is 11.3. The van der Waals surface area contributed by atoms with Crippen LogP contribution in [0.15, 0.2) is 35.3 Å². The Hall–Kier alpha value is -1.79. The zero-order valence-corrected chi connectivity index (χ0v) is 13.8. The molecule has 5 nitrogen and oxygen atoms in total. The van der Waals surface area contributed by atoms with Crippen LogP contribution in [0, 0.1) is 11.8 Å². The van der Waals surface area contributed by atoms with Crippen LogP contribution in [0.25, 0.3) is 0 Å². The van der Waals surface area contributed by atoms with E-state index in [1.54, 1.807) is 5.51 Å². The average Bonchev–Trinajstić information content (AvgIpc) is 3.23. The highest BCUT2D eigenvalue weighted by Crippen LogP contribution is 2.32. The van der Waals surface area contributed by atoms with E-state index in [4.69, 9.17) is 0 Å². The summed E-state index contributed by atoms with van der Waals surface area (Å²) in [5.74, 6) is 1.38. The maximum absolute atomic E-state index is 12.5. The van der Waals surface area contributed by atoms with E-state index in [-0.39, 0.29) is 5.91 Å². The minimum absolute atomic E-state index is 0.0906. The van der Waals surface area contributed by atoms with Gasteiger partial charge in [-0.25, -0.2) is 4.98 Å². The molecule has 0 radical (unpaired) electrons. The number of carbonyl (C=O) groups is 1. The number of amides is 1. The van der Waals surface area contributed by atoms with Gasteiger partial charge in [0.1, 0.15) is 5.69 Å². The van der Waals surface area contributed by atoms with Crippen molar-refractivity contribution in [3.05, 3.63) is 46.7 Å². The lowest BCUT2D eigenvalue weighted by molar-refractivity contribution is 0.0637. The molecule has 23 heavy (non-hydrogen) atoms. The van der Waals surface area contributed by atoms with E-state index in [2.05, 4.69) is 20.9 Å². The van der Waals surface area contributed by atoms with E-state index in [1.807, 2.05) is 28.6 Å². The molecule has 0 aliphatic carbocycles. The normalized spacial score (nSPS) is 24.6. The van der Waals surface area contributed by atoms with Crippen LogP contribution in [0.3, 0.4) is 0 Å². The van der Waals surface area contributed by atoms with Crippen molar-refractivity contribution in [2.75, 3.05) is 26.2 Å². The number of thiazole rings is 1. The second-order valence-electron chi connectivity index (χ2n) is 6.45. The van der Waals surface area contributed by atoms with Gasteiger partial charge >= 0.3 is 0 Å². The van der Waals surface area contributed by atoms with Gasteiger partial charge in [-0.3, -0.25) is 14.7 Å². The number of rotatable bonds is 3. The maximum Gasteiger partial charge on any atom is 0.273 e. The molecule has 0 saturated carbocycles. The topological polar surface area (TPSA) is 49.3 Å². The Bertz CT molecular complexity index is 660. The Kier molecular flexibility index (Phi) is 4.10. The van der Waals surface area contributed by atoms with E-state index in [0.29, 0.717) is 17.5 Å². The molecule has 0 unspecified atom stereocenters. The molecule has 2 fully saturated rings. The predicted octanol–water partition coefficient (Wildman–Crippen LogP) is 2.13. The fourth-order valence-corrected chi connectivity index (χ4v) is 4.31. The van der Waals surface area contributed by atoms with E-state index < -0.39 is 0 Å². The van der Waals surface area contributed by atoms with Gasteiger partial charge in [0.2, 0.25) is 0 Å². The highest BCUT2D eigenvalue weighted by Gasteiger charge is 2.38. The van der Waals surface area contributed by atoms with Crippen LogP contribution in [0.2, 0.25) is 0 Å². The first-order valence-corrected chi connectivity index (χ1v) is 9.03. The molecule has 120 valence electrons. The van der Waals surface area contributed by atoms with E-state index >= 15 is 0 Å². The number of piperidine rings is 1. The standard InChI is InChI=1S/C17H20N4OS/c22-17(16-11-23-12-19-16)21-6-4-13-7-20(8-14(13)9-21)10-15-3-1-2-5-18-15/h1-3,5,11-14H,4,6-10H2/t13-,14-/m1/s1. The summed E-state index contributed by atoms with van der Waals surface area (Å²) in [7, 11) is 0. The third-order valence-electron chi connectivity index (χ3n) is 4.93. The van der Waals surface area contributed by atoms with Crippen molar-refractivity contribution in [1.29, 1.82) is 0 Å². The van der Waals surface area contributed by atoms with Gasteiger partial charge in [-0.15, -0.1) is 11.3 Å². The van der Waals surface area contributed by atoms with Crippen LogP contribution in [-0.4, -0.2) is 51.9 Å². The SMILES string of the molecule is O=C(c1cscn1)N1CC[C@@H]2CN(Cc3ccccn3)C[C@@H]2C1. The Balaban J connectivity index is 1.38. The van der Waals surface area contributed by atoms with Crippen LogP contribution < -0.4 is 0 Å². The average molecular weight is 328 g/mol. The lowest BCUT2D eigenvalue weighted by Gasteiger charge is -2.34. The summed E-state index contributed by atoms with van der Waals surface area (Å²) < 4.78 is 0. The third-order valence-corrected chi connectivity index (χ3v) is 5.51. The largest absolute Gasteiger partial charge is 0.337 e. The molecule has 2 aliphatic rings. The molecule has 0 N–H and O–H groups in total. The first kappa shape index (κ1) is 14.8. The van der Waals surface area contributed by atoms with E-state index in [0.717, 1.165) is 44.8 Å². The Morgan fingerprint density at radius 2 is 2.13 bits per heavy atom. The highest BCUT2D eigenvalue weighted by atomic mass is 32.1. The summed E-state index contributed by atoms with van der Waals surface area (Å²) in [6, 6.07) is 6.08. The van der Waals surface area contributed by atoms with Gasteiger partial charge in [0.25, 0.3) is 5.91 Å². The molecule has 6 heteroatoms. The van der Waals surface area contributed by atoms with Gasteiger partial charge in [-0.1, -0.05) is 6.07 Å². The molecule has 0 spiro atoms. The van der Waals surface area contributed by atoms with Crippen LogP contribution in [0.5, 0.6) is 0 Å². The number of pyridine rings is 1. The van der Waals surface area contributed by atoms with Crippen molar-refractivity contribution in [2.24, 2.45) is 11.8 Å². The van der Waals surface area contributed by atoms with Gasteiger partial charge in [0.05, 0.1) is 11.2 Å². The summed E-state index contributed by atoms with van der Waals surface area (Å²) >= 11 is 1.48. The Morgan fingerprint density at radius 1 is 1.22 bits per heavy atom. The van der Waals surface area contributed by atoms with Crippen LogP contribution in [-0.2, 0) is 6.54 Å². The minimum atomic E-state index is 0.0906. The van der Waals surface area contributed by atoms with Crippen molar-refractivity contribution in [3.8, 4) is 0 Å². The summed E-state index contributed by atoms with van der Waals surface area (Å²) in [5.41, 5.74) is 3.45. The van der Waals surface area contributed by atoms with Crippen molar-refractivity contribution >= 4 is 17.2 Å². The van der Waals surface area contributed by atoms with E-state index in [1.165, 1.54) is 11.3 Å². The highest BCUT2D eigenvalue weighted by molar-refractivity contribution is 7.07. The van der Waals surface area contributed by atoms with Crippen molar-refractivity contribution < 1.29 is 4.79 Å². The van der Waals surface area contributed by atoms with Gasteiger partial charge in [0, 0.05) is 44.3 Å². The Morgan fingerprint density at radius 3 is 2.91 bits per heavy atom. The van der Waals surface area contributed by atoms with Crippen molar-refractivity contribution in [2.45, 2.75) is 13.0 Å². The molecule has 2 atom stereocenters. The number of hydrogen-bond acceptors (Lipinski definition) is 5. The smallest absolute Gasteiger partial charge is 0.273 e. The van der Waals surface area contributed by atoms with Crippen LogP contribution >= 0.6 is 11.3 Å². The molecule has 1 amide bonds. The lowest BCUT2D eigenvalue weighted by atomic mass is 9.88. The molecule has 2 saturated heterocycles. The molecule has 4 rings (SSSR count). The summed E-state index contributed by atoms with van der Waals surface area (Å²) in [4.78, 5) is 25.5. The molecule has 0 bridgehead atoms.